The third-order valence-corrected chi connectivity index (χ3v) is 5.45. The van der Waals surface area contributed by atoms with Gasteiger partial charge in [0.1, 0.15) is 0 Å². The highest BCUT2D eigenvalue weighted by Crippen LogP contribution is 2.31. The third kappa shape index (κ3) is 2.93. The minimum atomic E-state index is -0.0466. The van der Waals surface area contributed by atoms with Crippen LogP contribution in [0.3, 0.4) is 0 Å². The molecule has 0 saturated heterocycles. The van der Waals surface area contributed by atoms with Crippen molar-refractivity contribution in [2.24, 2.45) is 0 Å². The molecule has 4 nitrogen and oxygen atoms in total. The predicted molar refractivity (Wildman–Crippen MR) is 98.7 cm³/mol. The summed E-state index contributed by atoms with van der Waals surface area (Å²) >= 11 is 2.96. The van der Waals surface area contributed by atoms with E-state index >= 15 is 0 Å². The number of rotatable bonds is 4. The van der Waals surface area contributed by atoms with Gasteiger partial charge in [-0.3, -0.25) is 14.7 Å². The van der Waals surface area contributed by atoms with Gasteiger partial charge in [-0.05, 0) is 35.7 Å². The molecule has 118 valence electrons. The van der Waals surface area contributed by atoms with Crippen molar-refractivity contribution >= 4 is 43.9 Å². The summed E-state index contributed by atoms with van der Waals surface area (Å²) in [4.78, 5) is 24.4. The molecule has 0 aliphatic heterocycles. The monoisotopic (exact) mass is 351 g/mol. The van der Waals surface area contributed by atoms with E-state index in [1.165, 1.54) is 22.7 Å². The molecule has 0 N–H and O–H groups in total. The van der Waals surface area contributed by atoms with Gasteiger partial charge in [-0.2, -0.15) is 0 Å². The molecule has 3 aromatic heterocycles. The van der Waals surface area contributed by atoms with Crippen molar-refractivity contribution in [2.45, 2.75) is 6.54 Å². The normalized spacial score (nSPS) is 10.8. The molecule has 0 fully saturated rings. The quantitative estimate of drug-likeness (QED) is 0.540. The summed E-state index contributed by atoms with van der Waals surface area (Å²) < 4.78 is 1.07. The van der Waals surface area contributed by atoms with Crippen molar-refractivity contribution in [2.75, 3.05) is 4.90 Å². The number of hydrogen-bond donors (Lipinski definition) is 0. The fraction of sp³-hybridized carbons (Fsp3) is 0.0556. The van der Waals surface area contributed by atoms with Gasteiger partial charge in [-0.15, -0.1) is 11.3 Å². The molecule has 0 bridgehead atoms. The van der Waals surface area contributed by atoms with Gasteiger partial charge in [0, 0.05) is 6.20 Å². The average molecular weight is 351 g/mol. The number of thiazole rings is 1. The SMILES string of the molecule is O=C(c1cccs1)N(Cc1ccccn1)c1nc2ccccc2s1. The number of aromatic nitrogens is 2. The van der Waals surface area contributed by atoms with Gasteiger partial charge in [0.15, 0.2) is 5.13 Å². The van der Waals surface area contributed by atoms with Crippen LogP contribution in [0.15, 0.2) is 66.2 Å². The Morgan fingerprint density at radius 2 is 1.92 bits per heavy atom. The molecule has 0 aliphatic rings. The first-order valence-corrected chi connectivity index (χ1v) is 9.12. The number of amides is 1. The Bertz CT molecular complexity index is 931. The maximum Gasteiger partial charge on any atom is 0.270 e. The number of benzene rings is 1. The largest absolute Gasteiger partial charge is 0.277 e. The first-order valence-electron chi connectivity index (χ1n) is 7.42. The zero-order valence-corrected chi connectivity index (χ0v) is 14.3. The topological polar surface area (TPSA) is 46.1 Å². The summed E-state index contributed by atoms with van der Waals surface area (Å²) in [6.07, 6.45) is 1.74. The molecule has 4 aromatic rings. The van der Waals surface area contributed by atoms with E-state index in [0.29, 0.717) is 16.6 Å². The molecule has 1 amide bonds. The number of nitrogens with zero attached hydrogens (tertiary/aromatic N) is 3. The average Bonchev–Trinajstić information content (AvgIpc) is 3.29. The van der Waals surface area contributed by atoms with E-state index in [4.69, 9.17) is 0 Å². The second kappa shape index (κ2) is 6.51. The van der Waals surface area contributed by atoms with Crippen LogP contribution in [-0.4, -0.2) is 15.9 Å². The van der Waals surface area contributed by atoms with Gasteiger partial charge in [0.2, 0.25) is 0 Å². The molecule has 1 aromatic carbocycles. The molecule has 0 spiro atoms. The summed E-state index contributed by atoms with van der Waals surface area (Å²) in [7, 11) is 0. The maximum atomic E-state index is 13.0. The van der Waals surface area contributed by atoms with Crippen molar-refractivity contribution in [3.05, 3.63) is 76.7 Å². The van der Waals surface area contributed by atoms with E-state index in [-0.39, 0.29) is 5.91 Å². The lowest BCUT2D eigenvalue weighted by atomic mass is 10.3. The molecule has 24 heavy (non-hydrogen) atoms. The lowest BCUT2D eigenvalue weighted by Gasteiger charge is -2.18. The Morgan fingerprint density at radius 3 is 2.67 bits per heavy atom. The lowest BCUT2D eigenvalue weighted by Crippen LogP contribution is -2.30. The summed E-state index contributed by atoms with van der Waals surface area (Å²) in [6, 6.07) is 17.4. The fourth-order valence-corrected chi connectivity index (χ4v) is 4.02. The van der Waals surface area contributed by atoms with Gasteiger partial charge >= 0.3 is 0 Å². The van der Waals surface area contributed by atoms with Gasteiger partial charge in [-0.25, -0.2) is 4.98 Å². The van der Waals surface area contributed by atoms with Gasteiger partial charge in [-0.1, -0.05) is 35.6 Å². The van der Waals surface area contributed by atoms with Crippen LogP contribution in [0.2, 0.25) is 0 Å². The van der Waals surface area contributed by atoms with Crippen molar-refractivity contribution in [1.82, 2.24) is 9.97 Å². The van der Waals surface area contributed by atoms with Crippen LogP contribution in [-0.2, 0) is 6.54 Å². The number of hydrogen-bond acceptors (Lipinski definition) is 5. The minimum absolute atomic E-state index is 0.0466. The highest BCUT2D eigenvalue weighted by Gasteiger charge is 2.22. The Morgan fingerprint density at radius 1 is 1.04 bits per heavy atom. The Labute approximate surface area is 147 Å². The number of anilines is 1. The van der Waals surface area contributed by atoms with E-state index in [2.05, 4.69) is 9.97 Å². The minimum Gasteiger partial charge on any atom is -0.277 e. The molecule has 3 heterocycles. The third-order valence-electron chi connectivity index (χ3n) is 3.54. The lowest BCUT2D eigenvalue weighted by molar-refractivity contribution is 0.0988. The second-order valence-corrected chi connectivity index (χ2v) is 7.11. The Kier molecular flexibility index (Phi) is 4.06. The standard InChI is InChI=1S/C18H13N3OS2/c22-17(16-9-5-11-23-16)21(12-13-6-3-4-10-19-13)18-20-14-7-1-2-8-15(14)24-18/h1-11H,12H2. The molecule has 4 rings (SSSR count). The van der Waals surface area contributed by atoms with Crippen molar-refractivity contribution < 1.29 is 4.79 Å². The summed E-state index contributed by atoms with van der Waals surface area (Å²) in [5.74, 6) is -0.0466. The highest BCUT2D eigenvalue weighted by atomic mass is 32.1. The molecule has 0 saturated carbocycles. The smallest absolute Gasteiger partial charge is 0.270 e. The van der Waals surface area contributed by atoms with Crippen LogP contribution in [0.5, 0.6) is 0 Å². The van der Waals surface area contributed by atoms with Crippen LogP contribution >= 0.6 is 22.7 Å². The van der Waals surface area contributed by atoms with Gasteiger partial charge in [0.05, 0.1) is 27.3 Å². The second-order valence-electron chi connectivity index (χ2n) is 5.15. The molecule has 6 heteroatoms. The summed E-state index contributed by atoms with van der Waals surface area (Å²) in [5, 5.41) is 2.60. The molecule has 0 atom stereocenters. The van der Waals surface area contributed by atoms with Crippen LogP contribution in [0.1, 0.15) is 15.4 Å². The van der Waals surface area contributed by atoms with Gasteiger partial charge in [0.25, 0.3) is 5.91 Å². The molecular formula is C18H13N3OS2. The van der Waals surface area contributed by atoms with Crippen molar-refractivity contribution in [3.63, 3.8) is 0 Å². The Balaban J connectivity index is 1.75. The molecular weight excluding hydrogens is 338 g/mol. The first-order chi connectivity index (χ1) is 11.8. The summed E-state index contributed by atoms with van der Waals surface area (Å²) in [6.45, 7) is 0.400. The Hall–Kier alpha value is -2.57. The highest BCUT2D eigenvalue weighted by molar-refractivity contribution is 7.22. The van der Waals surface area contributed by atoms with Gasteiger partial charge < -0.3 is 0 Å². The fourth-order valence-electron chi connectivity index (χ4n) is 2.39. The number of para-hydroxylation sites is 1. The zero-order chi connectivity index (χ0) is 16.4. The number of carbonyl (C=O) groups is 1. The van der Waals surface area contributed by atoms with E-state index < -0.39 is 0 Å². The van der Waals surface area contributed by atoms with Crippen LogP contribution in [0.4, 0.5) is 5.13 Å². The number of carbonyl (C=O) groups excluding carboxylic acids is 1. The number of thiophene rings is 1. The summed E-state index contributed by atoms with van der Waals surface area (Å²) in [5.41, 5.74) is 1.74. The molecule has 0 radical (unpaired) electrons. The van der Waals surface area contributed by atoms with Crippen LogP contribution < -0.4 is 4.90 Å². The van der Waals surface area contributed by atoms with Crippen LogP contribution in [0.25, 0.3) is 10.2 Å². The van der Waals surface area contributed by atoms with Crippen LogP contribution in [0, 0.1) is 0 Å². The first kappa shape index (κ1) is 15.0. The molecule has 0 aliphatic carbocycles. The van der Waals surface area contributed by atoms with E-state index in [9.17, 15) is 4.79 Å². The number of fused-ring (bicyclic) bond motifs is 1. The van der Waals surface area contributed by atoms with Crippen molar-refractivity contribution in [1.29, 1.82) is 0 Å². The van der Waals surface area contributed by atoms with E-state index in [1.54, 1.807) is 11.1 Å². The van der Waals surface area contributed by atoms with E-state index in [1.807, 2.05) is 60.0 Å². The predicted octanol–water partition coefficient (Wildman–Crippen LogP) is 4.60. The zero-order valence-electron chi connectivity index (χ0n) is 12.6. The van der Waals surface area contributed by atoms with Crippen molar-refractivity contribution in [3.8, 4) is 0 Å². The molecule has 0 unspecified atom stereocenters. The number of pyridine rings is 1. The van der Waals surface area contributed by atoms with E-state index in [0.717, 1.165) is 15.9 Å². The maximum absolute atomic E-state index is 13.0.